The van der Waals surface area contributed by atoms with Crippen LogP contribution in [0.1, 0.15) is 52.0 Å². The molecule has 4 heteroatoms. The Hall–Kier alpha value is -1.55. The van der Waals surface area contributed by atoms with Crippen molar-refractivity contribution in [2.75, 3.05) is 26.2 Å². The third kappa shape index (κ3) is 4.97. The van der Waals surface area contributed by atoms with E-state index in [1.165, 1.54) is 24.9 Å². The first-order valence-electron chi connectivity index (χ1n) is 9.60. The van der Waals surface area contributed by atoms with Crippen molar-refractivity contribution < 1.29 is 9.53 Å². The fourth-order valence-corrected chi connectivity index (χ4v) is 4.18. The second kappa shape index (κ2) is 7.36. The van der Waals surface area contributed by atoms with Crippen LogP contribution < -0.4 is 0 Å². The lowest BCUT2D eigenvalue weighted by molar-refractivity contribution is -0.00738. The van der Waals surface area contributed by atoms with Gasteiger partial charge in [-0.3, -0.25) is 4.90 Å². The molecule has 0 radical (unpaired) electrons. The number of ether oxygens (including phenoxy) is 1. The Balaban J connectivity index is 1.54. The number of likely N-dealkylation sites (tertiary alicyclic amines) is 2. The number of amides is 1. The number of piperidine rings is 2. The third-order valence-corrected chi connectivity index (χ3v) is 5.47. The summed E-state index contributed by atoms with van der Waals surface area (Å²) in [6.07, 6.45) is 4.59. The summed E-state index contributed by atoms with van der Waals surface area (Å²) in [7, 11) is 0. The standard InChI is InChI=1S/C21H32N2O2/c1-20(2,3)25-19(24)23-14-11-21(12-15-23)10-7-13-22(17-21)16-18-8-5-4-6-9-18/h4-6,8-9H,7,10-17H2,1-3H3. The van der Waals surface area contributed by atoms with Gasteiger partial charge in [-0.2, -0.15) is 0 Å². The molecule has 138 valence electrons. The summed E-state index contributed by atoms with van der Waals surface area (Å²) in [6, 6.07) is 10.7. The predicted octanol–water partition coefficient (Wildman–Crippen LogP) is 4.30. The number of carbonyl (C=O) groups excluding carboxylic acids is 1. The van der Waals surface area contributed by atoms with E-state index < -0.39 is 5.60 Å². The van der Waals surface area contributed by atoms with Gasteiger partial charge in [0.2, 0.25) is 0 Å². The molecule has 1 aromatic rings. The van der Waals surface area contributed by atoms with Crippen LogP contribution in [-0.2, 0) is 11.3 Å². The van der Waals surface area contributed by atoms with Gasteiger partial charge in [-0.25, -0.2) is 4.79 Å². The first-order valence-corrected chi connectivity index (χ1v) is 9.60. The van der Waals surface area contributed by atoms with Crippen LogP contribution in [0.2, 0.25) is 0 Å². The number of benzene rings is 1. The molecule has 0 bridgehead atoms. The number of nitrogens with zero attached hydrogens (tertiary/aromatic N) is 2. The summed E-state index contributed by atoms with van der Waals surface area (Å²) in [5.41, 5.74) is 1.36. The average molecular weight is 344 g/mol. The molecule has 2 heterocycles. The highest BCUT2D eigenvalue weighted by Crippen LogP contribution is 2.40. The molecule has 0 aliphatic carbocycles. The van der Waals surface area contributed by atoms with E-state index in [1.54, 1.807) is 0 Å². The second-order valence-electron chi connectivity index (χ2n) is 8.77. The Morgan fingerprint density at radius 2 is 1.76 bits per heavy atom. The molecule has 4 nitrogen and oxygen atoms in total. The molecule has 3 rings (SSSR count). The molecule has 1 spiro atoms. The first kappa shape index (κ1) is 18.2. The van der Waals surface area contributed by atoms with Gasteiger partial charge in [0.1, 0.15) is 5.60 Å². The van der Waals surface area contributed by atoms with E-state index in [0.29, 0.717) is 5.41 Å². The van der Waals surface area contributed by atoms with E-state index in [0.717, 1.165) is 39.0 Å². The Morgan fingerprint density at radius 1 is 1.08 bits per heavy atom. The van der Waals surface area contributed by atoms with Gasteiger partial charge in [-0.05, 0) is 64.0 Å². The molecule has 2 aliphatic heterocycles. The minimum Gasteiger partial charge on any atom is -0.444 e. The summed E-state index contributed by atoms with van der Waals surface area (Å²) in [5, 5.41) is 0. The summed E-state index contributed by atoms with van der Waals surface area (Å²) < 4.78 is 5.53. The van der Waals surface area contributed by atoms with E-state index >= 15 is 0 Å². The molecule has 0 aromatic heterocycles. The van der Waals surface area contributed by atoms with E-state index in [1.807, 2.05) is 25.7 Å². The highest BCUT2D eigenvalue weighted by molar-refractivity contribution is 5.68. The molecule has 25 heavy (non-hydrogen) atoms. The van der Waals surface area contributed by atoms with E-state index in [9.17, 15) is 4.79 Å². The number of carbonyl (C=O) groups is 1. The van der Waals surface area contributed by atoms with E-state index in [4.69, 9.17) is 4.74 Å². The lowest BCUT2D eigenvalue weighted by Crippen LogP contribution is -2.51. The molecule has 2 saturated heterocycles. The predicted molar refractivity (Wildman–Crippen MR) is 100 cm³/mol. The highest BCUT2D eigenvalue weighted by atomic mass is 16.6. The van der Waals surface area contributed by atoms with Crippen molar-refractivity contribution in [3.63, 3.8) is 0 Å². The molecule has 2 aliphatic rings. The van der Waals surface area contributed by atoms with Crippen LogP contribution in [0, 0.1) is 5.41 Å². The van der Waals surface area contributed by atoms with Crippen LogP contribution in [-0.4, -0.2) is 47.7 Å². The minimum atomic E-state index is -0.413. The average Bonchev–Trinajstić information content (AvgIpc) is 2.55. The molecule has 0 N–H and O–H groups in total. The molecule has 0 saturated carbocycles. The second-order valence-corrected chi connectivity index (χ2v) is 8.77. The van der Waals surface area contributed by atoms with Crippen LogP contribution >= 0.6 is 0 Å². The third-order valence-electron chi connectivity index (χ3n) is 5.47. The Kier molecular flexibility index (Phi) is 5.38. The smallest absolute Gasteiger partial charge is 0.410 e. The van der Waals surface area contributed by atoms with Crippen LogP contribution in [0.4, 0.5) is 4.79 Å². The van der Waals surface area contributed by atoms with Gasteiger partial charge < -0.3 is 9.64 Å². The van der Waals surface area contributed by atoms with Crippen molar-refractivity contribution in [3.8, 4) is 0 Å². The molecule has 0 unspecified atom stereocenters. The van der Waals surface area contributed by atoms with Crippen molar-refractivity contribution in [2.45, 2.75) is 58.6 Å². The summed E-state index contributed by atoms with van der Waals surface area (Å²) in [5.74, 6) is 0. The maximum atomic E-state index is 12.3. The minimum absolute atomic E-state index is 0.153. The van der Waals surface area contributed by atoms with Crippen LogP contribution in [0.3, 0.4) is 0 Å². The fourth-order valence-electron chi connectivity index (χ4n) is 4.18. The number of rotatable bonds is 2. The molecule has 1 amide bonds. The van der Waals surface area contributed by atoms with Gasteiger partial charge >= 0.3 is 6.09 Å². The monoisotopic (exact) mass is 344 g/mol. The van der Waals surface area contributed by atoms with Gasteiger partial charge in [0, 0.05) is 26.2 Å². The maximum absolute atomic E-state index is 12.3. The van der Waals surface area contributed by atoms with Crippen LogP contribution in [0.15, 0.2) is 30.3 Å². The topological polar surface area (TPSA) is 32.8 Å². The van der Waals surface area contributed by atoms with Crippen molar-refractivity contribution in [1.82, 2.24) is 9.80 Å². The fraction of sp³-hybridized carbons (Fsp3) is 0.667. The van der Waals surface area contributed by atoms with E-state index in [2.05, 4.69) is 35.2 Å². The zero-order chi connectivity index (χ0) is 17.9. The van der Waals surface area contributed by atoms with E-state index in [-0.39, 0.29) is 6.09 Å². The molecular formula is C21H32N2O2. The van der Waals surface area contributed by atoms with Gasteiger partial charge in [0.25, 0.3) is 0 Å². The molecule has 1 aromatic carbocycles. The van der Waals surface area contributed by atoms with Gasteiger partial charge in [-0.1, -0.05) is 30.3 Å². The summed E-state index contributed by atoms with van der Waals surface area (Å²) >= 11 is 0. The quantitative estimate of drug-likeness (QED) is 0.802. The zero-order valence-corrected chi connectivity index (χ0v) is 16.0. The van der Waals surface area contributed by atoms with Gasteiger partial charge in [-0.15, -0.1) is 0 Å². The van der Waals surface area contributed by atoms with Gasteiger partial charge in [0.05, 0.1) is 0 Å². The van der Waals surface area contributed by atoms with Crippen molar-refractivity contribution in [2.24, 2.45) is 5.41 Å². The first-order chi connectivity index (χ1) is 11.9. The Morgan fingerprint density at radius 3 is 2.40 bits per heavy atom. The number of hydrogen-bond donors (Lipinski definition) is 0. The maximum Gasteiger partial charge on any atom is 0.410 e. The summed E-state index contributed by atoms with van der Waals surface area (Å²) in [4.78, 5) is 16.8. The largest absolute Gasteiger partial charge is 0.444 e. The van der Waals surface area contributed by atoms with Crippen molar-refractivity contribution >= 4 is 6.09 Å². The van der Waals surface area contributed by atoms with Crippen molar-refractivity contribution in [1.29, 1.82) is 0 Å². The van der Waals surface area contributed by atoms with Gasteiger partial charge in [0.15, 0.2) is 0 Å². The summed E-state index contributed by atoms with van der Waals surface area (Å²) in [6.45, 7) is 10.8. The number of hydrogen-bond acceptors (Lipinski definition) is 3. The SMILES string of the molecule is CC(C)(C)OC(=O)N1CCC2(CCCN(Cc3ccccc3)C2)CC1. The molecular weight excluding hydrogens is 312 g/mol. The molecule has 0 atom stereocenters. The Labute approximate surface area is 152 Å². The van der Waals surface area contributed by atoms with Crippen molar-refractivity contribution in [3.05, 3.63) is 35.9 Å². The van der Waals surface area contributed by atoms with Crippen LogP contribution in [0.5, 0.6) is 0 Å². The van der Waals surface area contributed by atoms with Crippen LogP contribution in [0.25, 0.3) is 0 Å². The zero-order valence-electron chi connectivity index (χ0n) is 16.0. The lowest BCUT2D eigenvalue weighted by Gasteiger charge is -2.47. The lowest BCUT2D eigenvalue weighted by atomic mass is 9.72. The Bertz CT molecular complexity index is 571. The normalized spacial score (nSPS) is 21.3. The highest BCUT2D eigenvalue weighted by Gasteiger charge is 2.39. The molecule has 2 fully saturated rings.